The maximum Gasteiger partial charge on any atom is 0.237 e. The van der Waals surface area contributed by atoms with Crippen molar-refractivity contribution in [2.45, 2.75) is 31.2 Å². The quantitative estimate of drug-likeness (QED) is 0.685. The number of thioether (sulfide) groups is 1. The third kappa shape index (κ3) is 4.06. The van der Waals surface area contributed by atoms with Crippen molar-refractivity contribution in [3.63, 3.8) is 0 Å². The van der Waals surface area contributed by atoms with E-state index in [0.717, 1.165) is 22.4 Å². The van der Waals surface area contributed by atoms with Gasteiger partial charge in [0.15, 0.2) is 5.82 Å². The highest BCUT2D eigenvalue weighted by atomic mass is 32.2. The van der Waals surface area contributed by atoms with Crippen molar-refractivity contribution >= 4 is 23.4 Å². The van der Waals surface area contributed by atoms with Crippen LogP contribution in [-0.4, -0.2) is 31.3 Å². The molecule has 3 aromatic rings. The summed E-state index contributed by atoms with van der Waals surface area (Å²) in [6.07, 6.45) is 3.40. The standard InChI is InChI=1S/C18H19N5OS/c1-11-5-4-6-12(2)15(11)20-17(24)13(3)25-18-21-16(22-23-18)14-7-9-19-10-8-14/h4-10,13H,1-3H3,(H,20,24)(H,21,22,23)/t13-/m1/s1. The number of amides is 1. The van der Waals surface area contributed by atoms with Crippen molar-refractivity contribution in [3.8, 4) is 11.4 Å². The number of nitrogens with one attached hydrogen (secondary N) is 2. The van der Waals surface area contributed by atoms with Crippen LogP contribution in [0.2, 0.25) is 0 Å². The fraction of sp³-hybridized carbons (Fsp3) is 0.222. The number of hydrogen-bond acceptors (Lipinski definition) is 5. The van der Waals surface area contributed by atoms with Gasteiger partial charge in [-0.05, 0) is 44.0 Å². The van der Waals surface area contributed by atoms with Crippen LogP contribution in [0.25, 0.3) is 11.4 Å². The molecule has 2 N–H and O–H groups in total. The minimum Gasteiger partial charge on any atom is -0.325 e. The molecule has 0 radical (unpaired) electrons. The monoisotopic (exact) mass is 353 g/mol. The average molecular weight is 353 g/mol. The minimum absolute atomic E-state index is 0.0716. The molecule has 2 aromatic heterocycles. The number of nitrogens with zero attached hydrogens (tertiary/aromatic N) is 3. The predicted molar refractivity (Wildman–Crippen MR) is 99.5 cm³/mol. The predicted octanol–water partition coefficient (Wildman–Crippen LogP) is 3.60. The molecule has 3 rings (SSSR count). The van der Waals surface area contributed by atoms with Gasteiger partial charge >= 0.3 is 0 Å². The van der Waals surface area contributed by atoms with Crippen molar-refractivity contribution in [1.29, 1.82) is 0 Å². The molecule has 1 amide bonds. The fourth-order valence-corrected chi connectivity index (χ4v) is 3.11. The van der Waals surface area contributed by atoms with Gasteiger partial charge in [-0.3, -0.25) is 14.9 Å². The molecule has 0 saturated heterocycles. The number of carbonyl (C=O) groups is 1. The van der Waals surface area contributed by atoms with E-state index < -0.39 is 0 Å². The summed E-state index contributed by atoms with van der Waals surface area (Å²) in [6, 6.07) is 9.65. The average Bonchev–Trinajstić information content (AvgIpc) is 3.07. The summed E-state index contributed by atoms with van der Waals surface area (Å²) in [5, 5.41) is 10.3. The Kier molecular flexibility index (Phi) is 5.14. The Bertz CT molecular complexity index is 858. The SMILES string of the molecule is Cc1cccc(C)c1NC(=O)[C@@H](C)Sc1n[nH]c(-c2ccncc2)n1. The number of anilines is 1. The van der Waals surface area contributed by atoms with Gasteiger partial charge in [0, 0.05) is 23.6 Å². The molecule has 0 spiro atoms. The Morgan fingerprint density at radius 3 is 2.52 bits per heavy atom. The molecule has 2 heterocycles. The van der Waals surface area contributed by atoms with Crippen LogP contribution < -0.4 is 5.32 Å². The number of para-hydroxylation sites is 1. The van der Waals surface area contributed by atoms with E-state index in [0.29, 0.717) is 11.0 Å². The lowest BCUT2D eigenvalue weighted by Gasteiger charge is -2.14. The van der Waals surface area contributed by atoms with Crippen molar-refractivity contribution < 1.29 is 4.79 Å². The zero-order valence-corrected chi connectivity index (χ0v) is 15.1. The second-order valence-corrected chi connectivity index (χ2v) is 7.03. The summed E-state index contributed by atoms with van der Waals surface area (Å²) in [6.45, 7) is 5.81. The van der Waals surface area contributed by atoms with Crippen LogP contribution in [0.5, 0.6) is 0 Å². The number of rotatable bonds is 5. The minimum atomic E-state index is -0.319. The molecule has 0 fully saturated rings. The molecule has 0 aliphatic rings. The molecule has 0 unspecified atom stereocenters. The van der Waals surface area contributed by atoms with Crippen LogP contribution in [0, 0.1) is 13.8 Å². The molecule has 0 bridgehead atoms. The van der Waals surface area contributed by atoms with Gasteiger partial charge in [0.05, 0.1) is 5.25 Å². The highest BCUT2D eigenvalue weighted by Crippen LogP contribution is 2.25. The number of aromatic nitrogens is 4. The normalized spacial score (nSPS) is 12.0. The van der Waals surface area contributed by atoms with E-state index in [2.05, 4.69) is 25.5 Å². The molecule has 7 heteroatoms. The first-order valence-electron chi connectivity index (χ1n) is 7.91. The lowest BCUT2D eigenvalue weighted by Crippen LogP contribution is -2.23. The van der Waals surface area contributed by atoms with E-state index in [-0.39, 0.29) is 11.2 Å². The lowest BCUT2D eigenvalue weighted by molar-refractivity contribution is -0.115. The van der Waals surface area contributed by atoms with Crippen LogP contribution in [0.1, 0.15) is 18.1 Å². The van der Waals surface area contributed by atoms with Crippen molar-refractivity contribution in [2.75, 3.05) is 5.32 Å². The van der Waals surface area contributed by atoms with Gasteiger partial charge in [-0.15, -0.1) is 5.10 Å². The smallest absolute Gasteiger partial charge is 0.237 e. The van der Waals surface area contributed by atoms with Gasteiger partial charge in [-0.1, -0.05) is 30.0 Å². The van der Waals surface area contributed by atoms with E-state index in [1.165, 1.54) is 11.8 Å². The Morgan fingerprint density at radius 2 is 1.84 bits per heavy atom. The summed E-state index contributed by atoms with van der Waals surface area (Å²) < 4.78 is 0. The van der Waals surface area contributed by atoms with Crippen LogP contribution in [0.3, 0.4) is 0 Å². The van der Waals surface area contributed by atoms with Crippen LogP contribution in [0.4, 0.5) is 5.69 Å². The zero-order chi connectivity index (χ0) is 17.8. The first kappa shape index (κ1) is 17.2. The zero-order valence-electron chi connectivity index (χ0n) is 14.3. The van der Waals surface area contributed by atoms with Crippen LogP contribution >= 0.6 is 11.8 Å². The number of aryl methyl sites for hydroxylation is 2. The number of pyridine rings is 1. The molecule has 1 atom stereocenters. The van der Waals surface area contributed by atoms with Crippen LogP contribution in [-0.2, 0) is 4.79 Å². The molecule has 6 nitrogen and oxygen atoms in total. The topological polar surface area (TPSA) is 83.6 Å². The summed E-state index contributed by atoms with van der Waals surface area (Å²) in [7, 11) is 0. The molecule has 0 aliphatic heterocycles. The molecule has 128 valence electrons. The molecule has 25 heavy (non-hydrogen) atoms. The first-order chi connectivity index (χ1) is 12.0. The largest absolute Gasteiger partial charge is 0.325 e. The number of aromatic amines is 1. The summed E-state index contributed by atoms with van der Waals surface area (Å²) in [4.78, 5) is 20.9. The van der Waals surface area contributed by atoms with Gasteiger partial charge in [0.25, 0.3) is 0 Å². The van der Waals surface area contributed by atoms with E-state index in [4.69, 9.17) is 0 Å². The summed E-state index contributed by atoms with van der Waals surface area (Å²) in [5.41, 5.74) is 3.86. The van der Waals surface area contributed by atoms with Crippen molar-refractivity contribution in [2.24, 2.45) is 0 Å². The fourth-order valence-electron chi connectivity index (χ4n) is 2.39. The van der Waals surface area contributed by atoms with Gasteiger partial charge < -0.3 is 5.32 Å². The Hall–Kier alpha value is -2.67. The molecule has 0 saturated carbocycles. The Labute approximate surface area is 150 Å². The summed E-state index contributed by atoms with van der Waals surface area (Å²) >= 11 is 1.32. The van der Waals surface area contributed by atoms with Gasteiger partial charge in [-0.25, -0.2) is 4.98 Å². The number of H-pyrrole nitrogens is 1. The van der Waals surface area contributed by atoms with Crippen LogP contribution in [0.15, 0.2) is 47.9 Å². The Morgan fingerprint density at radius 1 is 1.16 bits per heavy atom. The molecular weight excluding hydrogens is 334 g/mol. The third-order valence-corrected chi connectivity index (χ3v) is 4.76. The van der Waals surface area contributed by atoms with Gasteiger partial charge in [0.2, 0.25) is 11.1 Å². The van der Waals surface area contributed by atoms with Gasteiger partial charge in [-0.2, -0.15) is 0 Å². The highest BCUT2D eigenvalue weighted by molar-refractivity contribution is 8.00. The van der Waals surface area contributed by atoms with E-state index in [9.17, 15) is 4.79 Å². The second kappa shape index (κ2) is 7.48. The van der Waals surface area contributed by atoms with E-state index in [1.54, 1.807) is 12.4 Å². The number of hydrogen-bond donors (Lipinski definition) is 2. The summed E-state index contributed by atoms with van der Waals surface area (Å²) in [5.74, 6) is 0.588. The Balaban J connectivity index is 1.67. The van der Waals surface area contributed by atoms with Crippen molar-refractivity contribution in [3.05, 3.63) is 53.9 Å². The van der Waals surface area contributed by atoms with Gasteiger partial charge in [0.1, 0.15) is 0 Å². The second-order valence-electron chi connectivity index (χ2n) is 5.72. The van der Waals surface area contributed by atoms with E-state index in [1.807, 2.05) is 51.1 Å². The first-order valence-corrected chi connectivity index (χ1v) is 8.79. The molecule has 1 aromatic carbocycles. The maximum atomic E-state index is 12.5. The number of carbonyl (C=O) groups excluding carboxylic acids is 1. The maximum absolute atomic E-state index is 12.5. The van der Waals surface area contributed by atoms with E-state index >= 15 is 0 Å². The third-order valence-electron chi connectivity index (χ3n) is 3.80. The number of benzene rings is 1. The highest BCUT2D eigenvalue weighted by Gasteiger charge is 2.18. The molecular formula is C18H19N5OS. The molecule has 0 aliphatic carbocycles. The lowest BCUT2D eigenvalue weighted by atomic mass is 10.1. The van der Waals surface area contributed by atoms with Crippen molar-refractivity contribution in [1.82, 2.24) is 20.2 Å².